The van der Waals surface area contributed by atoms with Gasteiger partial charge in [0, 0.05) is 19.3 Å². The van der Waals surface area contributed by atoms with Gasteiger partial charge in [-0.2, -0.15) is 0 Å². The fourth-order valence-electron chi connectivity index (χ4n) is 2.24. The van der Waals surface area contributed by atoms with Crippen LogP contribution in [0.4, 0.5) is 0 Å². The Balaban J connectivity index is 1.94. The third kappa shape index (κ3) is 3.42. The maximum Gasteiger partial charge on any atom is 0.0656 e. The van der Waals surface area contributed by atoms with Gasteiger partial charge in [-0.05, 0) is 71.8 Å². The predicted octanol–water partition coefficient (Wildman–Crippen LogP) is 3.43. The van der Waals surface area contributed by atoms with Crippen LogP contribution in [0.25, 0.3) is 0 Å². The number of halogens is 1. The average molecular weight is 351 g/mol. The van der Waals surface area contributed by atoms with Crippen molar-refractivity contribution < 1.29 is 4.74 Å². The Hall–Kier alpha value is 0.350. The van der Waals surface area contributed by atoms with Crippen molar-refractivity contribution in [2.45, 2.75) is 25.3 Å². The molecule has 90 valence electrons. The Labute approximate surface area is 115 Å². The Morgan fingerprint density at radius 3 is 2.88 bits per heavy atom. The number of nitrogens with one attached hydrogen (secondary N) is 1. The molecule has 1 N–H and O–H groups in total. The maximum atomic E-state index is 5.41. The van der Waals surface area contributed by atoms with Gasteiger partial charge in [-0.1, -0.05) is 0 Å². The summed E-state index contributed by atoms with van der Waals surface area (Å²) in [5.41, 5.74) is 1.45. The molecule has 0 radical (unpaired) electrons. The van der Waals surface area contributed by atoms with Crippen molar-refractivity contribution in [3.8, 4) is 0 Å². The molecule has 2 heterocycles. The fourth-order valence-corrected chi connectivity index (χ4v) is 3.67. The Morgan fingerprint density at radius 1 is 1.56 bits per heavy atom. The molecule has 16 heavy (non-hydrogen) atoms. The molecule has 1 atom stereocenters. The van der Waals surface area contributed by atoms with E-state index in [0.29, 0.717) is 6.04 Å². The van der Waals surface area contributed by atoms with Crippen LogP contribution in [-0.4, -0.2) is 20.3 Å². The standard InChI is InChI=1S/C12H18INOS/c1-14-11(10-7-12(13)16-8-10)6-9-2-4-15-5-3-9/h7-9,11,14H,2-6H2,1H3. The highest BCUT2D eigenvalue weighted by Gasteiger charge is 2.20. The lowest BCUT2D eigenvalue weighted by molar-refractivity contribution is 0.0608. The van der Waals surface area contributed by atoms with E-state index in [1.165, 1.54) is 27.7 Å². The van der Waals surface area contributed by atoms with Crippen LogP contribution < -0.4 is 5.32 Å². The number of thiophene rings is 1. The average Bonchev–Trinajstić information content (AvgIpc) is 2.74. The maximum absolute atomic E-state index is 5.41. The molecule has 1 aromatic heterocycles. The van der Waals surface area contributed by atoms with Crippen LogP contribution in [0, 0.1) is 8.80 Å². The zero-order valence-corrected chi connectivity index (χ0v) is 12.5. The molecule has 0 aromatic carbocycles. The molecule has 1 aromatic rings. The van der Waals surface area contributed by atoms with Gasteiger partial charge in [-0.25, -0.2) is 0 Å². The second-order valence-corrected chi connectivity index (χ2v) is 7.12. The van der Waals surface area contributed by atoms with Gasteiger partial charge in [-0.15, -0.1) is 11.3 Å². The molecule has 0 aliphatic carbocycles. The summed E-state index contributed by atoms with van der Waals surface area (Å²) in [6.07, 6.45) is 3.69. The highest BCUT2D eigenvalue weighted by Crippen LogP contribution is 2.30. The van der Waals surface area contributed by atoms with Gasteiger partial charge >= 0.3 is 0 Å². The van der Waals surface area contributed by atoms with Crippen LogP contribution in [0.15, 0.2) is 11.4 Å². The highest BCUT2D eigenvalue weighted by molar-refractivity contribution is 14.1. The molecule has 0 spiro atoms. The SMILES string of the molecule is CNC(CC1CCOCC1)c1csc(I)c1. The van der Waals surface area contributed by atoms with E-state index in [-0.39, 0.29) is 0 Å². The first kappa shape index (κ1) is 12.8. The summed E-state index contributed by atoms with van der Waals surface area (Å²) in [5, 5.41) is 5.72. The first-order valence-electron chi connectivity index (χ1n) is 5.78. The van der Waals surface area contributed by atoms with E-state index < -0.39 is 0 Å². The molecule has 1 unspecified atom stereocenters. The lowest BCUT2D eigenvalue weighted by Crippen LogP contribution is -2.23. The van der Waals surface area contributed by atoms with Crippen molar-refractivity contribution in [3.63, 3.8) is 0 Å². The third-order valence-electron chi connectivity index (χ3n) is 3.25. The number of hydrogen-bond donors (Lipinski definition) is 1. The molecule has 2 nitrogen and oxygen atoms in total. The second kappa shape index (κ2) is 6.33. The molecule has 1 aliphatic heterocycles. The predicted molar refractivity (Wildman–Crippen MR) is 77.0 cm³/mol. The van der Waals surface area contributed by atoms with Crippen molar-refractivity contribution in [2.75, 3.05) is 20.3 Å². The zero-order chi connectivity index (χ0) is 11.4. The largest absolute Gasteiger partial charge is 0.381 e. The van der Waals surface area contributed by atoms with Crippen molar-refractivity contribution in [1.29, 1.82) is 0 Å². The van der Waals surface area contributed by atoms with Gasteiger partial charge in [0.1, 0.15) is 0 Å². The molecule has 0 saturated carbocycles. The van der Waals surface area contributed by atoms with Crippen LogP contribution in [0.2, 0.25) is 0 Å². The van der Waals surface area contributed by atoms with E-state index in [2.05, 4.69) is 46.4 Å². The lowest BCUT2D eigenvalue weighted by atomic mass is 9.90. The minimum atomic E-state index is 0.517. The quantitative estimate of drug-likeness (QED) is 0.840. The fraction of sp³-hybridized carbons (Fsp3) is 0.667. The Kier molecular flexibility index (Phi) is 5.06. The summed E-state index contributed by atoms with van der Waals surface area (Å²) in [6, 6.07) is 2.81. The Morgan fingerprint density at radius 2 is 2.31 bits per heavy atom. The van der Waals surface area contributed by atoms with Crippen molar-refractivity contribution >= 4 is 33.9 Å². The number of hydrogen-bond acceptors (Lipinski definition) is 3. The summed E-state index contributed by atoms with van der Waals surface area (Å²) in [6.45, 7) is 1.89. The van der Waals surface area contributed by atoms with Crippen molar-refractivity contribution in [3.05, 3.63) is 19.9 Å². The number of rotatable bonds is 4. The van der Waals surface area contributed by atoms with E-state index in [1.54, 1.807) is 0 Å². The van der Waals surface area contributed by atoms with Gasteiger partial charge < -0.3 is 10.1 Å². The van der Waals surface area contributed by atoms with Crippen LogP contribution in [-0.2, 0) is 4.74 Å². The molecular weight excluding hydrogens is 333 g/mol. The third-order valence-corrected chi connectivity index (χ3v) is 5.06. The first-order chi connectivity index (χ1) is 7.79. The van der Waals surface area contributed by atoms with Crippen molar-refractivity contribution in [2.24, 2.45) is 5.92 Å². The van der Waals surface area contributed by atoms with Crippen LogP contribution in [0.1, 0.15) is 30.9 Å². The summed E-state index contributed by atoms with van der Waals surface area (Å²) < 4.78 is 6.78. The smallest absolute Gasteiger partial charge is 0.0656 e. The summed E-state index contributed by atoms with van der Waals surface area (Å²) in [4.78, 5) is 0. The van der Waals surface area contributed by atoms with Crippen LogP contribution in [0.5, 0.6) is 0 Å². The molecule has 0 bridgehead atoms. The molecule has 1 aliphatic rings. The van der Waals surface area contributed by atoms with Gasteiger partial charge in [-0.3, -0.25) is 0 Å². The highest BCUT2D eigenvalue weighted by atomic mass is 127. The van der Waals surface area contributed by atoms with Gasteiger partial charge in [0.15, 0.2) is 0 Å². The van der Waals surface area contributed by atoms with E-state index in [4.69, 9.17) is 4.74 Å². The molecule has 0 amide bonds. The van der Waals surface area contributed by atoms with E-state index in [9.17, 15) is 0 Å². The summed E-state index contributed by atoms with van der Waals surface area (Å²) >= 11 is 4.22. The lowest BCUT2D eigenvalue weighted by Gasteiger charge is -2.26. The minimum absolute atomic E-state index is 0.517. The van der Waals surface area contributed by atoms with Gasteiger partial charge in [0.2, 0.25) is 0 Å². The topological polar surface area (TPSA) is 21.3 Å². The first-order valence-corrected chi connectivity index (χ1v) is 7.74. The van der Waals surface area contributed by atoms with E-state index >= 15 is 0 Å². The van der Waals surface area contributed by atoms with Gasteiger partial charge in [0.25, 0.3) is 0 Å². The molecule has 1 fully saturated rings. The molecular formula is C12H18INOS. The second-order valence-electron chi connectivity index (χ2n) is 4.32. The van der Waals surface area contributed by atoms with Crippen LogP contribution in [0.3, 0.4) is 0 Å². The number of ether oxygens (including phenoxy) is 1. The van der Waals surface area contributed by atoms with Crippen molar-refractivity contribution in [1.82, 2.24) is 5.32 Å². The Bertz CT molecular complexity index is 323. The molecule has 2 rings (SSSR count). The van der Waals surface area contributed by atoms with E-state index in [0.717, 1.165) is 19.1 Å². The normalized spacial score (nSPS) is 19.9. The summed E-state index contributed by atoms with van der Waals surface area (Å²) in [5.74, 6) is 0.823. The molecule has 1 saturated heterocycles. The van der Waals surface area contributed by atoms with E-state index in [1.807, 2.05) is 11.3 Å². The van der Waals surface area contributed by atoms with Gasteiger partial charge in [0.05, 0.1) is 2.88 Å². The monoisotopic (exact) mass is 351 g/mol. The zero-order valence-electron chi connectivity index (χ0n) is 9.54. The summed E-state index contributed by atoms with van der Waals surface area (Å²) in [7, 11) is 2.06. The minimum Gasteiger partial charge on any atom is -0.381 e. The van der Waals surface area contributed by atoms with Crippen LogP contribution >= 0.6 is 33.9 Å². The molecule has 4 heteroatoms.